The summed E-state index contributed by atoms with van der Waals surface area (Å²) in [5.74, 6) is 1.10. The fourth-order valence-corrected chi connectivity index (χ4v) is 2.71. The fourth-order valence-electron chi connectivity index (χ4n) is 2.71. The van der Waals surface area contributed by atoms with Gasteiger partial charge in [0.1, 0.15) is 5.75 Å². The maximum absolute atomic E-state index is 12.4. The number of hydrogen-bond donors (Lipinski definition) is 1. The average molecular weight is 320 g/mol. The number of fused-ring (bicyclic) bond motifs is 1. The molecule has 0 radical (unpaired) electrons. The molecular weight excluding hydrogens is 304 g/mol. The molecule has 4 rings (SSSR count). The summed E-state index contributed by atoms with van der Waals surface area (Å²) < 4.78 is 7.43. The van der Waals surface area contributed by atoms with Gasteiger partial charge in [-0.25, -0.2) is 0 Å². The smallest absolute Gasteiger partial charge is 0.266 e. The van der Waals surface area contributed by atoms with Gasteiger partial charge in [-0.3, -0.25) is 14.5 Å². The number of rotatable bonds is 4. The topological polar surface area (TPSA) is 69.0 Å². The first-order chi connectivity index (χ1) is 11.8. The van der Waals surface area contributed by atoms with E-state index in [1.165, 1.54) is 0 Å². The van der Waals surface area contributed by atoms with Crippen LogP contribution in [0.4, 0.5) is 5.82 Å². The molecule has 120 valence electrons. The van der Waals surface area contributed by atoms with Crippen molar-refractivity contribution in [1.82, 2.24) is 14.8 Å². The number of pyridine rings is 1. The summed E-state index contributed by atoms with van der Waals surface area (Å²) >= 11 is 0. The van der Waals surface area contributed by atoms with Crippen LogP contribution in [0.15, 0.2) is 60.9 Å². The number of ether oxygens (including phenoxy) is 1. The van der Waals surface area contributed by atoms with Gasteiger partial charge in [-0.05, 0) is 23.8 Å². The van der Waals surface area contributed by atoms with E-state index in [2.05, 4.69) is 15.4 Å². The van der Waals surface area contributed by atoms with E-state index in [9.17, 15) is 4.79 Å². The van der Waals surface area contributed by atoms with Crippen molar-refractivity contribution >= 4 is 11.7 Å². The number of aromatic nitrogens is 3. The zero-order valence-corrected chi connectivity index (χ0v) is 12.9. The van der Waals surface area contributed by atoms with Gasteiger partial charge in [0.05, 0.1) is 12.2 Å². The molecule has 1 aromatic carbocycles. The summed E-state index contributed by atoms with van der Waals surface area (Å²) in [6.07, 6.45) is 3.63. The number of benzene rings is 1. The van der Waals surface area contributed by atoms with E-state index in [0.29, 0.717) is 18.8 Å². The zero-order chi connectivity index (χ0) is 16.4. The molecule has 0 spiro atoms. The van der Waals surface area contributed by atoms with Gasteiger partial charge in [0, 0.05) is 24.9 Å². The van der Waals surface area contributed by atoms with E-state index in [0.717, 1.165) is 17.0 Å². The van der Waals surface area contributed by atoms with E-state index < -0.39 is 6.10 Å². The molecule has 1 aliphatic rings. The molecule has 0 fully saturated rings. The Balaban J connectivity index is 1.39. The third-order valence-electron chi connectivity index (χ3n) is 3.88. The lowest BCUT2D eigenvalue weighted by Crippen LogP contribution is -2.31. The molecule has 1 aliphatic heterocycles. The maximum atomic E-state index is 12.4. The fraction of sp³-hybridized carbons (Fsp3) is 0.167. The molecule has 6 heteroatoms. The Hall–Kier alpha value is -3.15. The van der Waals surface area contributed by atoms with Crippen LogP contribution in [-0.4, -0.2) is 26.8 Å². The standard InChI is InChI=1S/C18H16N4O2/c23-18(16-11-13-5-1-2-7-15(13)24-16)20-17-8-10-22(21-17)12-14-6-3-4-9-19-14/h1-10,16H,11-12H2,(H,20,21,23)/t16-/m1/s1. The number of carbonyl (C=O) groups is 1. The summed E-state index contributed by atoms with van der Waals surface area (Å²) in [5, 5.41) is 7.16. The van der Waals surface area contributed by atoms with E-state index in [4.69, 9.17) is 4.74 Å². The lowest BCUT2D eigenvalue weighted by atomic mass is 10.1. The molecule has 24 heavy (non-hydrogen) atoms. The molecule has 6 nitrogen and oxygen atoms in total. The van der Waals surface area contributed by atoms with E-state index in [-0.39, 0.29) is 5.91 Å². The largest absolute Gasteiger partial charge is 0.480 e. The van der Waals surface area contributed by atoms with Crippen LogP contribution >= 0.6 is 0 Å². The van der Waals surface area contributed by atoms with Crippen molar-refractivity contribution in [3.8, 4) is 5.75 Å². The zero-order valence-electron chi connectivity index (χ0n) is 12.9. The number of para-hydroxylation sites is 1. The van der Waals surface area contributed by atoms with Crippen molar-refractivity contribution in [1.29, 1.82) is 0 Å². The quantitative estimate of drug-likeness (QED) is 0.800. The normalized spacial score (nSPS) is 15.6. The summed E-state index contributed by atoms with van der Waals surface area (Å²) in [4.78, 5) is 16.6. The second-order valence-electron chi connectivity index (χ2n) is 5.63. The SMILES string of the molecule is O=C(Nc1ccn(Cc2ccccn2)n1)[C@H]1Cc2ccccc2O1. The summed E-state index contributed by atoms with van der Waals surface area (Å²) in [7, 11) is 0. The second-order valence-corrected chi connectivity index (χ2v) is 5.63. The number of anilines is 1. The Morgan fingerprint density at radius 2 is 2.08 bits per heavy atom. The predicted octanol–water partition coefficient (Wildman–Crippen LogP) is 2.27. The van der Waals surface area contributed by atoms with Crippen LogP contribution in [0.1, 0.15) is 11.3 Å². The highest BCUT2D eigenvalue weighted by molar-refractivity contribution is 5.94. The molecule has 1 amide bonds. The van der Waals surface area contributed by atoms with E-state index in [1.807, 2.05) is 48.7 Å². The number of hydrogen-bond acceptors (Lipinski definition) is 4. The van der Waals surface area contributed by atoms with Gasteiger partial charge in [0.25, 0.3) is 5.91 Å². The highest BCUT2D eigenvalue weighted by Crippen LogP contribution is 2.28. The second kappa shape index (κ2) is 6.16. The van der Waals surface area contributed by atoms with Crippen LogP contribution in [0, 0.1) is 0 Å². The van der Waals surface area contributed by atoms with Crippen molar-refractivity contribution in [2.75, 3.05) is 5.32 Å². The molecule has 1 N–H and O–H groups in total. The summed E-state index contributed by atoms with van der Waals surface area (Å²) in [6.45, 7) is 0.558. The highest BCUT2D eigenvalue weighted by atomic mass is 16.5. The van der Waals surface area contributed by atoms with Crippen molar-refractivity contribution in [3.05, 3.63) is 72.2 Å². The third kappa shape index (κ3) is 2.99. The van der Waals surface area contributed by atoms with Crippen LogP contribution < -0.4 is 10.1 Å². The molecule has 3 aromatic rings. The van der Waals surface area contributed by atoms with Crippen LogP contribution in [-0.2, 0) is 17.8 Å². The average Bonchev–Trinajstić information content (AvgIpc) is 3.22. The van der Waals surface area contributed by atoms with Gasteiger partial charge in [-0.15, -0.1) is 0 Å². The van der Waals surface area contributed by atoms with Gasteiger partial charge in [0.2, 0.25) is 0 Å². The van der Waals surface area contributed by atoms with Crippen molar-refractivity contribution < 1.29 is 9.53 Å². The van der Waals surface area contributed by atoms with Gasteiger partial charge < -0.3 is 10.1 Å². The summed E-state index contributed by atoms with van der Waals surface area (Å²) in [5.41, 5.74) is 1.96. The van der Waals surface area contributed by atoms with E-state index >= 15 is 0 Å². The molecule has 0 aliphatic carbocycles. The Morgan fingerprint density at radius 3 is 2.92 bits per heavy atom. The summed E-state index contributed by atoms with van der Waals surface area (Å²) in [6, 6.07) is 15.2. The molecule has 3 heterocycles. The van der Waals surface area contributed by atoms with Gasteiger partial charge in [-0.2, -0.15) is 5.10 Å². The monoisotopic (exact) mass is 320 g/mol. The van der Waals surface area contributed by atoms with Crippen LogP contribution in [0.25, 0.3) is 0 Å². The molecule has 0 saturated heterocycles. The lowest BCUT2D eigenvalue weighted by Gasteiger charge is -2.09. The first-order valence-corrected chi connectivity index (χ1v) is 7.77. The van der Waals surface area contributed by atoms with Gasteiger partial charge in [-0.1, -0.05) is 24.3 Å². The van der Waals surface area contributed by atoms with Crippen LogP contribution in [0.3, 0.4) is 0 Å². The molecule has 0 saturated carbocycles. The highest BCUT2D eigenvalue weighted by Gasteiger charge is 2.29. The van der Waals surface area contributed by atoms with Crippen molar-refractivity contribution in [2.45, 2.75) is 19.1 Å². The van der Waals surface area contributed by atoms with Crippen molar-refractivity contribution in [2.24, 2.45) is 0 Å². The minimum absolute atomic E-state index is 0.186. The minimum Gasteiger partial charge on any atom is -0.480 e. The predicted molar refractivity (Wildman–Crippen MR) is 88.8 cm³/mol. The van der Waals surface area contributed by atoms with Crippen molar-refractivity contribution in [3.63, 3.8) is 0 Å². The Bertz CT molecular complexity index is 835. The first-order valence-electron chi connectivity index (χ1n) is 7.77. The van der Waals surface area contributed by atoms with Crippen LogP contribution in [0.2, 0.25) is 0 Å². The lowest BCUT2D eigenvalue weighted by molar-refractivity contribution is -0.122. The van der Waals surface area contributed by atoms with E-state index in [1.54, 1.807) is 16.9 Å². The molecular formula is C18H16N4O2. The Morgan fingerprint density at radius 1 is 1.21 bits per heavy atom. The number of amides is 1. The molecule has 1 atom stereocenters. The number of nitrogens with zero attached hydrogens (tertiary/aromatic N) is 3. The molecule has 0 bridgehead atoms. The number of nitrogens with one attached hydrogen (secondary N) is 1. The van der Waals surface area contributed by atoms with Gasteiger partial charge >= 0.3 is 0 Å². The Kier molecular flexibility index (Phi) is 3.70. The first kappa shape index (κ1) is 14.4. The number of carbonyl (C=O) groups excluding carboxylic acids is 1. The van der Waals surface area contributed by atoms with Gasteiger partial charge in [0.15, 0.2) is 11.9 Å². The maximum Gasteiger partial charge on any atom is 0.266 e. The molecule has 0 unspecified atom stereocenters. The molecule has 2 aromatic heterocycles. The Labute approximate surface area is 139 Å². The minimum atomic E-state index is -0.511. The van der Waals surface area contributed by atoms with Crippen LogP contribution in [0.5, 0.6) is 5.75 Å². The third-order valence-corrected chi connectivity index (χ3v) is 3.88.